The molecule has 6 nitrogen and oxygen atoms in total. The minimum absolute atomic E-state index is 0.103. The number of aromatic nitrogens is 1. The van der Waals surface area contributed by atoms with Crippen LogP contribution in [0.4, 0.5) is 10.8 Å². The van der Waals surface area contributed by atoms with E-state index in [1.54, 1.807) is 5.38 Å². The summed E-state index contributed by atoms with van der Waals surface area (Å²) in [6.07, 6.45) is 3.91. The van der Waals surface area contributed by atoms with Gasteiger partial charge in [0, 0.05) is 11.1 Å². The van der Waals surface area contributed by atoms with Gasteiger partial charge in [0.25, 0.3) is 0 Å². The van der Waals surface area contributed by atoms with Gasteiger partial charge in [-0.2, -0.15) is 0 Å². The average Bonchev–Trinajstić information content (AvgIpc) is 3.43. The second-order valence-corrected chi connectivity index (χ2v) is 9.32. The minimum atomic E-state index is -0.439. The van der Waals surface area contributed by atoms with Crippen molar-refractivity contribution >= 4 is 28.1 Å². The number of rotatable bonds is 9. The molecule has 2 aromatic carbocycles. The summed E-state index contributed by atoms with van der Waals surface area (Å²) in [5.41, 5.74) is 8.32. The molecule has 0 bridgehead atoms. The number of amides is 1. The normalized spacial score (nSPS) is 18.9. The Kier molecular flexibility index (Phi) is 7.39. The van der Waals surface area contributed by atoms with Gasteiger partial charge in [0.1, 0.15) is 12.4 Å². The summed E-state index contributed by atoms with van der Waals surface area (Å²) < 4.78 is 5.72. The lowest BCUT2D eigenvalue weighted by atomic mass is 9.95. The number of ether oxygens (including phenoxy) is 1. The zero-order valence-electron chi connectivity index (χ0n) is 17.9. The van der Waals surface area contributed by atoms with Gasteiger partial charge in [-0.1, -0.05) is 30.3 Å². The van der Waals surface area contributed by atoms with E-state index in [0.29, 0.717) is 23.4 Å². The number of aliphatic hydroxyl groups is 1. The lowest BCUT2D eigenvalue weighted by Gasteiger charge is -2.19. The molecule has 4 N–H and O–H groups in total. The van der Waals surface area contributed by atoms with Crippen molar-refractivity contribution in [2.75, 3.05) is 17.7 Å². The van der Waals surface area contributed by atoms with E-state index in [2.05, 4.69) is 22.4 Å². The predicted octanol–water partition coefficient (Wildman–Crippen LogP) is 4.31. The van der Waals surface area contributed by atoms with E-state index in [9.17, 15) is 9.90 Å². The van der Waals surface area contributed by atoms with Crippen LogP contribution >= 0.6 is 11.3 Å². The first kappa shape index (κ1) is 22.3. The number of para-hydroxylation sites is 1. The zero-order valence-corrected chi connectivity index (χ0v) is 18.8. The molecule has 0 saturated heterocycles. The molecule has 1 aliphatic carbocycles. The van der Waals surface area contributed by atoms with Crippen molar-refractivity contribution in [1.29, 1.82) is 0 Å². The van der Waals surface area contributed by atoms with Gasteiger partial charge in [-0.15, -0.1) is 11.3 Å². The Labute approximate surface area is 192 Å². The molecule has 1 fully saturated rings. The smallest absolute Gasteiger partial charge is 0.230 e. The van der Waals surface area contributed by atoms with Gasteiger partial charge in [-0.05, 0) is 67.3 Å². The van der Waals surface area contributed by atoms with E-state index in [4.69, 9.17) is 10.5 Å². The third-order valence-corrected chi connectivity index (χ3v) is 6.69. The maximum absolute atomic E-state index is 12.2. The molecule has 1 heterocycles. The third kappa shape index (κ3) is 6.31. The van der Waals surface area contributed by atoms with Gasteiger partial charge >= 0.3 is 0 Å². The van der Waals surface area contributed by atoms with E-state index in [1.807, 2.05) is 42.5 Å². The van der Waals surface area contributed by atoms with Crippen molar-refractivity contribution in [3.8, 4) is 5.75 Å². The van der Waals surface area contributed by atoms with Crippen molar-refractivity contribution < 1.29 is 14.6 Å². The molecule has 0 spiro atoms. The Hall–Kier alpha value is -2.90. The maximum atomic E-state index is 12.2. The van der Waals surface area contributed by atoms with Crippen LogP contribution in [0.5, 0.6) is 5.75 Å². The number of nitrogens with zero attached hydrogens (tertiary/aromatic N) is 1. The number of thiazole rings is 1. The first-order valence-electron chi connectivity index (χ1n) is 11.0. The zero-order chi connectivity index (χ0) is 22.3. The van der Waals surface area contributed by atoms with Crippen molar-refractivity contribution in [1.82, 2.24) is 4.98 Å². The fraction of sp³-hybridized carbons (Fsp3) is 0.360. The third-order valence-electron chi connectivity index (χ3n) is 5.96. The van der Waals surface area contributed by atoms with E-state index in [1.165, 1.54) is 16.9 Å². The molecule has 3 aromatic rings. The van der Waals surface area contributed by atoms with Crippen LogP contribution < -0.4 is 15.8 Å². The summed E-state index contributed by atoms with van der Waals surface area (Å²) >= 11 is 1.34. The molecule has 168 valence electrons. The number of aliphatic hydroxyl groups excluding tert-OH is 1. The Balaban J connectivity index is 1.21. The van der Waals surface area contributed by atoms with Crippen molar-refractivity contribution in [2.24, 2.45) is 11.8 Å². The van der Waals surface area contributed by atoms with Crippen LogP contribution in [-0.2, 0) is 17.6 Å². The van der Waals surface area contributed by atoms with Gasteiger partial charge in [0.05, 0.1) is 18.2 Å². The molecule has 0 aliphatic heterocycles. The highest BCUT2D eigenvalue weighted by atomic mass is 32.1. The van der Waals surface area contributed by atoms with Gasteiger partial charge < -0.3 is 20.9 Å². The first-order chi connectivity index (χ1) is 15.5. The van der Waals surface area contributed by atoms with E-state index in [-0.39, 0.29) is 18.2 Å². The Morgan fingerprint density at radius 3 is 2.69 bits per heavy atom. The van der Waals surface area contributed by atoms with E-state index >= 15 is 0 Å². The number of anilines is 2. The predicted molar refractivity (Wildman–Crippen MR) is 128 cm³/mol. The molecule has 32 heavy (non-hydrogen) atoms. The highest BCUT2D eigenvalue weighted by Crippen LogP contribution is 2.35. The summed E-state index contributed by atoms with van der Waals surface area (Å²) in [4.78, 5) is 16.3. The fourth-order valence-electron chi connectivity index (χ4n) is 4.31. The topological polar surface area (TPSA) is 97.5 Å². The second-order valence-electron chi connectivity index (χ2n) is 8.43. The number of hydrogen-bond acceptors (Lipinski definition) is 6. The number of hydrogen-bond donors (Lipinski definition) is 3. The number of benzene rings is 2. The van der Waals surface area contributed by atoms with Crippen LogP contribution in [0.1, 0.15) is 30.5 Å². The monoisotopic (exact) mass is 451 g/mol. The highest BCUT2D eigenvalue weighted by Gasteiger charge is 2.30. The number of nitrogens with two attached hydrogens (primary N) is 1. The van der Waals surface area contributed by atoms with Gasteiger partial charge in [-0.25, -0.2) is 4.98 Å². The Morgan fingerprint density at radius 1 is 1.19 bits per heavy atom. The van der Waals surface area contributed by atoms with Crippen molar-refractivity contribution in [2.45, 2.75) is 38.2 Å². The highest BCUT2D eigenvalue weighted by molar-refractivity contribution is 7.13. The summed E-state index contributed by atoms with van der Waals surface area (Å²) in [6, 6.07) is 17.6. The quantitative estimate of drug-likeness (QED) is 0.450. The van der Waals surface area contributed by atoms with Gasteiger partial charge in [0.2, 0.25) is 5.91 Å². The summed E-state index contributed by atoms with van der Waals surface area (Å²) in [5.74, 6) is 1.53. The van der Waals surface area contributed by atoms with Gasteiger partial charge in [0.15, 0.2) is 5.13 Å². The van der Waals surface area contributed by atoms with E-state index in [0.717, 1.165) is 37.1 Å². The summed E-state index contributed by atoms with van der Waals surface area (Å²) in [6.45, 7) is 0.337. The van der Waals surface area contributed by atoms with Crippen LogP contribution in [-0.4, -0.2) is 28.7 Å². The first-order valence-corrected chi connectivity index (χ1v) is 11.9. The van der Waals surface area contributed by atoms with E-state index < -0.39 is 6.10 Å². The number of carbonyl (C=O) groups is 1. The van der Waals surface area contributed by atoms with Crippen LogP contribution in [0.2, 0.25) is 0 Å². The molecule has 1 amide bonds. The lowest BCUT2D eigenvalue weighted by molar-refractivity contribution is -0.115. The minimum Gasteiger partial charge on any atom is -0.491 e. The molecule has 1 aliphatic rings. The van der Waals surface area contributed by atoms with Crippen LogP contribution in [0.15, 0.2) is 60.0 Å². The van der Waals surface area contributed by atoms with Gasteiger partial charge in [-0.3, -0.25) is 4.79 Å². The molecule has 0 unspecified atom stereocenters. The largest absolute Gasteiger partial charge is 0.491 e. The maximum Gasteiger partial charge on any atom is 0.230 e. The van der Waals surface area contributed by atoms with Crippen LogP contribution in [0.3, 0.4) is 0 Å². The number of nitrogen functional groups attached to an aromatic ring is 1. The Bertz CT molecular complexity index is 1010. The average molecular weight is 452 g/mol. The molecule has 4 rings (SSSR count). The summed E-state index contributed by atoms with van der Waals surface area (Å²) in [5, 5.41) is 15.7. The fourth-order valence-corrected chi connectivity index (χ4v) is 4.88. The number of carbonyl (C=O) groups excluding carboxylic acids is 1. The molecular weight excluding hydrogens is 422 g/mol. The molecule has 1 aromatic heterocycles. The second kappa shape index (κ2) is 10.6. The van der Waals surface area contributed by atoms with Crippen LogP contribution in [0, 0.1) is 11.8 Å². The molecule has 3 atom stereocenters. The standard InChI is InChI=1S/C25H29N3O3S/c26-25-28-21(16-32-25)14-24(30)27-20-10-7-17(8-11-20)12-18-6-9-19(13-18)23(29)15-31-22-4-2-1-3-5-22/h1-5,7-8,10-11,16,18-19,23,29H,6,9,12-15H2,(H2,26,28)(H,27,30)/t18-,19-,23+/m0/s1. The number of nitrogens with one attached hydrogen (secondary N) is 1. The molecule has 0 radical (unpaired) electrons. The lowest BCUT2D eigenvalue weighted by Crippen LogP contribution is -2.25. The van der Waals surface area contributed by atoms with Crippen LogP contribution in [0.25, 0.3) is 0 Å². The van der Waals surface area contributed by atoms with Crippen molar-refractivity contribution in [3.05, 3.63) is 71.2 Å². The molecular formula is C25H29N3O3S. The molecule has 7 heteroatoms. The summed E-state index contributed by atoms with van der Waals surface area (Å²) in [7, 11) is 0. The Morgan fingerprint density at radius 2 is 1.97 bits per heavy atom. The molecule has 1 saturated carbocycles. The van der Waals surface area contributed by atoms with Crippen molar-refractivity contribution in [3.63, 3.8) is 0 Å². The SMILES string of the molecule is Nc1nc(CC(=O)Nc2ccc(C[C@@H]3CC[C@H]([C@H](O)COc4ccccc4)C3)cc2)cs1.